The SMILES string of the molecule is C=CCOC12Oc3ccc(Oc4ccc(OC)c(C=O)c4)cc3C3C(CCCCO)C(CCCCO)C=C(C(=NOC4CCCCO4)CC1N(C)C(=O)c1ccc4ccccc4c1)C32. The summed E-state index contributed by atoms with van der Waals surface area (Å²) in [7, 11) is 3.33. The van der Waals surface area contributed by atoms with Gasteiger partial charge in [-0.05, 0) is 115 Å². The molecule has 2 N–H and O–H groups in total. The number of nitrogens with zero attached hydrogens (tertiary/aromatic N) is 2. The Morgan fingerprint density at radius 3 is 2.48 bits per heavy atom. The Bertz CT molecular complexity index is 2360. The first-order valence-electron chi connectivity index (χ1n) is 22.7. The number of unbranched alkanes of at least 4 members (excludes halogenated alkanes) is 2. The Kier molecular flexibility index (Phi) is 14.5. The molecule has 2 fully saturated rings. The lowest BCUT2D eigenvalue weighted by Gasteiger charge is -2.59. The highest BCUT2D eigenvalue weighted by Gasteiger charge is 2.65. The number of hydrogen-bond acceptors (Lipinski definition) is 11. The minimum Gasteiger partial charge on any atom is -0.496 e. The summed E-state index contributed by atoms with van der Waals surface area (Å²) in [5, 5.41) is 26.9. The van der Waals surface area contributed by atoms with Crippen LogP contribution < -0.4 is 14.2 Å². The van der Waals surface area contributed by atoms with E-state index in [9.17, 15) is 19.8 Å². The molecule has 0 aromatic heterocycles. The van der Waals surface area contributed by atoms with Gasteiger partial charge < -0.3 is 43.6 Å². The summed E-state index contributed by atoms with van der Waals surface area (Å²) >= 11 is 0. The van der Waals surface area contributed by atoms with Gasteiger partial charge in [0.1, 0.15) is 29.0 Å². The number of benzene rings is 4. The van der Waals surface area contributed by atoms with Gasteiger partial charge in [0.05, 0.1) is 37.5 Å². The Morgan fingerprint density at radius 2 is 1.73 bits per heavy atom. The Morgan fingerprint density at radius 1 is 0.953 bits per heavy atom. The predicted octanol–water partition coefficient (Wildman–Crippen LogP) is 9.39. The number of oxime groups is 1. The molecule has 338 valence electrons. The molecule has 2 aliphatic heterocycles. The molecule has 4 aromatic rings. The van der Waals surface area contributed by atoms with E-state index < -0.39 is 24.0 Å². The number of hydrogen-bond donors (Lipinski definition) is 2. The summed E-state index contributed by atoms with van der Waals surface area (Å²) in [6, 6.07) is 23.9. The van der Waals surface area contributed by atoms with Gasteiger partial charge in [-0.25, -0.2) is 0 Å². The number of amides is 1. The molecular formula is C52H60N2O10. The molecule has 1 saturated heterocycles. The van der Waals surface area contributed by atoms with Crippen LogP contribution in [0.15, 0.2) is 108 Å². The topological polar surface area (TPSA) is 146 Å². The van der Waals surface area contributed by atoms with Crippen molar-refractivity contribution in [3.8, 4) is 23.0 Å². The van der Waals surface area contributed by atoms with Crippen LogP contribution in [0.5, 0.6) is 23.0 Å². The van der Waals surface area contributed by atoms with Crippen LogP contribution in [0.3, 0.4) is 0 Å². The lowest BCUT2D eigenvalue weighted by molar-refractivity contribution is -0.252. The number of aldehydes is 1. The second kappa shape index (κ2) is 20.5. The first-order chi connectivity index (χ1) is 31.3. The number of methoxy groups -OCH3 is 1. The predicted molar refractivity (Wildman–Crippen MR) is 244 cm³/mol. The third kappa shape index (κ3) is 9.19. The number of carbonyl (C=O) groups excluding carboxylic acids is 2. The quantitative estimate of drug-likeness (QED) is 0.0405. The van der Waals surface area contributed by atoms with Crippen LogP contribution in [0.25, 0.3) is 10.8 Å². The highest BCUT2D eigenvalue weighted by molar-refractivity contribution is 6.04. The van der Waals surface area contributed by atoms with E-state index in [4.69, 9.17) is 33.7 Å². The third-order valence-electron chi connectivity index (χ3n) is 13.4. The largest absolute Gasteiger partial charge is 0.496 e. The van der Waals surface area contributed by atoms with Crippen LogP contribution in [0.2, 0.25) is 0 Å². The molecule has 0 spiro atoms. The van der Waals surface area contributed by atoms with Gasteiger partial charge >= 0.3 is 0 Å². The summed E-state index contributed by atoms with van der Waals surface area (Å²) < 4.78 is 32.3. The standard InChI is InChI=1S/C52H60N2O10/c1-4-26-61-52-47(54(2)51(58)37-19-18-34-13-5-6-14-35(34)28-37)32-44(53-64-48-17-9-12-27-60-48)42-30-36(15-7-10-24-55)41(16-8-11-25-56)49(50(42)52)43-31-40(21-23-46(43)63-52)62-39-20-22-45(59-3)38(29-39)33-57/h4-6,13-14,18-23,28-31,33,36,41,47-50,55-56H,1,7-12,15-17,24-27,32H2,2-3H3. The zero-order valence-corrected chi connectivity index (χ0v) is 36.9. The average molecular weight is 873 g/mol. The maximum atomic E-state index is 14.9. The lowest BCUT2D eigenvalue weighted by Crippen LogP contribution is -2.69. The number of ether oxygens (including phenoxy) is 5. The zero-order chi connectivity index (χ0) is 44.6. The van der Waals surface area contributed by atoms with Gasteiger partial charge in [0.25, 0.3) is 5.91 Å². The summed E-state index contributed by atoms with van der Waals surface area (Å²) in [5.41, 5.74) is 3.45. The first-order valence-corrected chi connectivity index (χ1v) is 22.7. The second-order valence-corrected chi connectivity index (χ2v) is 17.3. The normalized spacial score (nSPS) is 25.3. The van der Waals surface area contributed by atoms with E-state index in [1.807, 2.05) is 67.7 Å². The van der Waals surface area contributed by atoms with Crippen molar-refractivity contribution in [3.63, 3.8) is 0 Å². The molecule has 7 unspecified atom stereocenters. The second-order valence-electron chi connectivity index (χ2n) is 17.3. The van der Waals surface area contributed by atoms with Gasteiger partial charge in [-0.1, -0.05) is 60.5 Å². The fourth-order valence-electron chi connectivity index (χ4n) is 10.4. The van der Waals surface area contributed by atoms with Crippen molar-refractivity contribution in [3.05, 3.63) is 120 Å². The number of aliphatic hydroxyl groups is 2. The van der Waals surface area contributed by atoms with E-state index >= 15 is 0 Å². The van der Waals surface area contributed by atoms with Gasteiger partial charge in [-0.2, -0.15) is 0 Å². The van der Waals surface area contributed by atoms with Crippen molar-refractivity contribution in [1.82, 2.24) is 4.90 Å². The Labute approximate surface area is 375 Å². The number of likely N-dealkylation sites (N-methyl/N-ethyl adjacent to an activating group) is 1. The molecule has 0 radical (unpaired) electrons. The van der Waals surface area contributed by atoms with Gasteiger partial charge in [0.15, 0.2) is 6.29 Å². The highest BCUT2D eigenvalue weighted by Crippen LogP contribution is 2.62. The van der Waals surface area contributed by atoms with E-state index in [0.717, 1.165) is 73.1 Å². The summed E-state index contributed by atoms with van der Waals surface area (Å²) in [6.07, 6.45) is 11.7. The van der Waals surface area contributed by atoms with Crippen molar-refractivity contribution in [2.24, 2.45) is 22.9 Å². The molecule has 2 aliphatic carbocycles. The third-order valence-corrected chi connectivity index (χ3v) is 13.4. The minimum atomic E-state index is -1.41. The maximum Gasteiger partial charge on any atom is 0.254 e. The fourth-order valence-corrected chi connectivity index (χ4v) is 10.4. The van der Waals surface area contributed by atoms with Crippen LogP contribution >= 0.6 is 0 Å². The summed E-state index contributed by atoms with van der Waals surface area (Å²) in [4.78, 5) is 34.9. The number of fused-ring (bicyclic) bond motifs is 3. The maximum absolute atomic E-state index is 14.9. The number of allylic oxidation sites excluding steroid dienone is 1. The average Bonchev–Trinajstić information content (AvgIpc) is 3.33. The van der Waals surface area contributed by atoms with E-state index in [2.05, 4.69) is 12.7 Å². The molecule has 12 heteroatoms. The summed E-state index contributed by atoms with van der Waals surface area (Å²) in [6.45, 7) is 4.96. The molecule has 7 atom stereocenters. The molecule has 8 rings (SSSR count). The molecular weight excluding hydrogens is 813 g/mol. The highest BCUT2D eigenvalue weighted by atomic mass is 16.8. The van der Waals surface area contributed by atoms with Crippen LogP contribution in [0.1, 0.15) is 96.4 Å². The summed E-state index contributed by atoms with van der Waals surface area (Å²) in [5.74, 6) is -0.207. The van der Waals surface area contributed by atoms with E-state index in [-0.39, 0.29) is 49.9 Å². The molecule has 2 heterocycles. The van der Waals surface area contributed by atoms with E-state index in [0.29, 0.717) is 59.3 Å². The van der Waals surface area contributed by atoms with Crippen LogP contribution in [-0.2, 0) is 14.3 Å². The molecule has 1 saturated carbocycles. The van der Waals surface area contributed by atoms with Gasteiger partial charge in [-0.3, -0.25) is 9.59 Å². The monoisotopic (exact) mass is 872 g/mol. The number of aliphatic hydroxyl groups excluding tert-OH is 2. The van der Waals surface area contributed by atoms with Gasteiger partial charge in [-0.15, -0.1) is 6.58 Å². The Hall–Kier alpha value is -5.53. The molecule has 1 amide bonds. The van der Waals surface area contributed by atoms with Gasteiger partial charge in [0, 0.05) is 50.1 Å². The van der Waals surface area contributed by atoms with Gasteiger partial charge in [0.2, 0.25) is 12.1 Å². The lowest BCUT2D eigenvalue weighted by atomic mass is 9.55. The van der Waals surface area contributed by atoms with Crippen molar-refractivity contribution in [1.29, 1.82) is 0 Å². The minimum absolute atomic E-state index is 0.0235. The number of carbonyl (C=O) groups is 2. The van der Waals surface area contributed by atoms with Crippen molar-refractivity contribution >= 4 is 28.7 Å². The van der Waals surface area contributed by atoms with Crippen LogP contribution in [0.4, 0.5) is 0 Å². The number of rotatable bonds is 19. The fraction of sp³-hybridized carbons (Fsp3) is 0.442. The molecule has 12 nitrogen and oxygen atoms in total. The van der Waals surface area contributed by atoms with Crippen LogP contribution in [-0.4, -0.2) is 91.7 Å². The molecule has 4 aromatic carbocycles. The van der Waals surface area contributed by atoms with Crippen LogP contribution in [0, 0.1) is 17.8 Å². The molecule has 64 heavy (non-hydrogen) atoms. The van der Waals surface area contributed by atoms with Crippen molar-refractivity contribution in [2.45, 2.75) is 88.2 Å². The van der Waals surface area contributed by atoms with E-state index in [1.54, 1.807) is 29.2 Å². The van der Waals surface area contributed by atoms with E-state index in [1.165, 1.54) is 7.11 Å². The molecule has 4 aliphatic rings. The molecule has 0 bridgehead atoms. The zero-order valence-electron chi connectivity index (χ0n) is 36.9. The van der Waals surface area contributed by atoms with Crippen molar-refractivity contribution in [2.75, 3.05) is 40.6 Å². The first kappa shape index (κ1) is 45.1. The smallest absolute Gasteiger partial charge is 0.254 e. The van der Waals surface area contributed by atoms with Crippen molar-refractivity contribution < 1.29 is 48.3 Å². The Balaban J connectivity index is 1.30.